The van der Waals surface area contributed by atoms with Gasteiger partial charge < -0.3 is 19.7 Å². The molecule has 1 atom stereocenters. The number of hydrogen-bond donors (Lipinski definition) is 2. The average Bonchev–Trinajstić information content (AvgIpc) is 2.66. The largest absolute Gasteiger partial charge is 0.394 e. The minimum Gasteiger partial charge on any atom is -0.394 e. The summed E-state index contributed by atoms with van der Waals surface area (Å²) in [6.07, 6.45) is -0.381. The van der Waals surface area contributed by atoms with Crippen LogP contribution < -0.4 is 0 Å². The number of hydrogen-bond acceptors (Lipinski definition) is 3. The van der Waals surface area contributed by atoms with Crippen molar-refractivity contribution in [2.45, 2.75) is 25.6 Å². The van der Waals surface area contributed by atoms with Gasteiger partial charge in [0.1, 0.15) is 10.8 Å². The van der Waals surface area contributed by atoms with Crippen molar-refractivity contribution in [3.63, 3.8) is 0 Å². The zero-order valence-corrected chi connectivity index (χ0v) is 12.3. The lowest BCUT2D eigenvalue weighted by Crippen LogP contribution is -2.55. The molecule has 0 saturated carbocycles. The molecule has 0 bridgehead atoms. The van der Waals surface area contributed by atoms with Gasteiger partial charge in [0.05, 0.1) is 23.3 Å². The highest BCUT2D eigenvalue weighted by Gasteiger charge is 2.36. The molecule has 1 aromatic rings. The number of halogens is 2. The monoisotopic (exact) mass is 306 g/mol. The second-order valence-electron chi connectivity index (χ2n) is 5.21. The predicted molar refractivity (Wildman–Crippen MR) is 72.8 cm³/mol. The van der Waals surface area contributed by atoms with Crippen LogP contribution in [0.2, 0.25) is 10.2 Å². The van der Waals surface area contributed by atoms with Gasteiger partial charge in [-0.25, -0.2) is 0 Å². The third-order valence-electron chi connectivity index (χ3n) is 2.93. The molecule has 1 saturated heterocycles. The molecule has 2 N–H and O–H groups in total. The second kappa shape index (κ2) is 5.32. The highest BCUT2D eigenvalue weighted by Crippen LogP contribution is 2.25. The molecule has 1 aromatic heterocycles. The highest BCUT2D eigenvalue weighted by atomic mass is 35.5. The van der Waals surface area contributed by atoms with E-state index in [0.717, 1.165) is 0 Å². The fourth-order valence-electron chi connectivity index (χ4n) is 2.24. The lowest BCUT2D eigenvalue weighted by atomic mass is 10.0. The van der Waals surface area contributed by atoms with Crippen molar-refractivity contribution >= 4 is 29.1 Å². The summed E-state index contributed by atoms with van der Waals surface area (Å²) in [5, 5.41) is 9.79. The Balaban J connectivity index is 2.18. The summed E-state index contributed by atoms with van der Waals surface area (Å²) in [5.41, 5.74) is -0.161. The van der Waals surface area contributed by atoms with Crippen LogP contribution in [0.3, 0.4) is 0 Å². The van der Waals surface area contributed by atoms with Crippen LogP contribution in [0.4, 0.5) is 0 Å². The maximum absolute atomic E-state index is 12.4. The first-order valence-corrected chi connectivity index (χ1v) is 6.70. The fourth-order valence-corrected chi connectivity index (χ4v) is 2.55. The van der Waals surface area contributed by atoms with Crippen LogP contribution in [0.1, 0.15) is 24.3 Å². The quantitative estimate of drug-likeness (QED) is 0.877. The zero-order chi connectivity index (χ0) is 14.2. The van der Waals surface area contributed by atoms with Gasteiger partial charge in [0.2, 0.25) is 0 Å². The fraction of sp³-hybridized carbons (Fsp3) is 0.583. The van der Waals surface area contributed by atoms with E-state index < -0.39 is 5.60 Å². The molecule has 1 aliphatic rings. The Labute approximate surface area is 121 Å². The number of carbonyl (C=O) groups excluding carboxylic acids is 1. The molecule has 0 spiro atoms. The maximum Gasteiger partial charge on any atom is 0.270 e. The second-order valence-corrected chi connectivity index (χ2v) is 6.00. The molecule has 1 aliphatic heterocycles. The summed E-state index contributed by atoms with van der Waals surface area (Å²) < 4.78 is 5.66. The molecular formula is C12H16Cl2N2O3. The van der Waals surface area contributed by atoms with Gasteiger partial charge in [0.25, 0.3) is 5.91 Å². The number of amides is 1. The van der Waals surface area contributed by atoms with Gasteiger partial charge in [-0.15, -0.1) is 0 Å². The lowest BCUT2D eigenvalue weighted by Gasteiger charge is -2.42. The topological polar surface area (TPSA) is 65.6 Å². The van der Waals surface area contributed by atoms with Crippen LogP contribution in [-0.4, -0.2) is 52.3 Å². The predicted octanol–water partition coefficient (Wildman–Crippen LogP) is 1.93. The molecule has 0 aromatic carbocycles. The van der Waals surface area contributed by atoms with Crippen molar-refractivity contribution in [1.29, 1.82) is 0 Å². The number of aromatic nitrogens is 1. The zero-order valence-electron chi connectivity index (χ0n) is 10.7. The number of nitrogens with one attached hydrogen (secondary N) is 1. The van der Waals surface area contributed by atoms with Crippen molar-refractivity contribution in [1.82, 2.24) is 9.88 Å². The third-order valence-corrected chi connectivity index (χ3v) is 3.62. The van der Waals surface area contributed by atoms with E-state index in [-0.39, 0.29) is 23.8 Å². The number of H-pyrrole nitrogens is 1. The first-order valence-electron chi connectivity index (χ1n) is 5.94. The molecule has 106 valence electrons. The summed E-state index contributed by atoms with van der Waals surface area (Å²) in [6, 6.07) is 1.50. The molecule has 0 aliphatic carbocycles. The number of aliphatic hydroxyl groups is 1. The van der Waals surface area contributed by atoms with Gasteiger partial charge in [-0.2, -0.15) is 0 Å². The molecule has 1 unspecified atom stereocenters. The maximum atomic E-state index is 12.4. The van der Waals surface area contributed by atoms with Crippen LogP contribution in [-0.2, 0) is 4.74 Å². The third kappa shape index (κ3) is 3.23. The molecule has 2 heterocycles. The van der Waals surface area contributed by atoms with Crippen LogP contribution in [0.15, 0.2) is 6.07 Å². The molecule has 19 heavy (non-hydrogen) atoms. The molecule has 5 nitrogen and oxygen atoms in total. The van der Waals surface area contributed by atoms with Crippen molar-refractivity contribution in [3.05, 3.63) is 21.9 Å². The van der Waals surface area contributed by atoms with E-state index in [1.54, 1.807) is 4.90 Å². The van der Waals surface area contributed by atoms with Gasteiger partial charge in [-0.3, -0.25) is 4.79 Å². The Hall–Kier alpha value is -0.750. The Morgan fingerprint density at radius 2 is 2.32 bits per heavy atom. The van der Waals surface area contributed by atoms with Crippen molar-refractivity contribution < 1.29 is 14.6 Å². The first kappa shape index (κ1) is 14.7. The van der Waals surface area contributed by atoms with Crippen molar-refractivity contribution in [2.75, 3.05) is 19.7 Å². The minimum absolute atomic E-state index is 0.126. The number of carbonyl (C=O) groups is 1. The standard InChI is InChI=1S/C12H16Cl2N2O3/c1-12(2)6-16(4-7(5-17)19-12)11(18)9-3-8(13)10(14)15-9/h3,7,15,17H,4-6H2,1-2H3. The summed E-state index contributed by atoms with van der Waals surface area (Å²) in [7, 11) is 0. The van der Waals surface area contributed by atoms with Gasteiger partial charge >= 0.3 is 0 Å². The normalized spacial score (nSPS) is 22.6. The molecule has 2 rings (SSSR count). The number of nitrogens with zero attached hydrogens (tertiary/aromatic N) is 1. The van der Waals surface area contributed by atoms with Crippen LogP contribution in [0.5, 0.6) is 0 Å². The van der Waals surface area contributed by atoms with Crippen molar-refractivity contribution in [3.8, 4) is 0 Å². The number of aliphatic hydroxyl groups excluding tert-OH is 1. The molecule has 1 amide bonds. The summed E-state index contributed by atoms with van der Waals surface area (Å²) >= 11 is 11.6. The highest BCUT2D eigenvalue weighted by molar-refractivity contribution is 6.41. The molecular weight excluding hydrogens is 291 g/mol. The van der Waals surface area contributed by atoms with E-state index in [1.807, 2.05) is 13.8 Å². The summed E-state index contributed by atoms with van der Waals surface area (Å²) in [5.74, 6) is -0.205. The Morgan fingerprint density at radius 3 is 2.84 bits per heavy atom. The molecule has 1 fully saturated rings. The Morgan fingerprint density at radius 1 is 1.63 bits per heavy atom. The number of morpholine rings is 1. The number of ether oxygens (including phenoxy) is 1. The van der Waals surface area contributed by atoms with E-state index >= 15 is 0 Å². The summed E-state index contributed by atoms with van der Waals surface area (Å²) in [6.45, 7) is 4.41. The lowest BCUT2D eigenvalue weighted by molar-refractivity contribution is -0.139. The SMILES string of the molecule is CC1(C)CN(C(=O)c2cc(Cl)c(Cl)[nH]2)CC(CO)O1. The average molecular weight is 307 g/mol. The van der Waals surface area contributed by atoms with E-state index in [4.69, 9.17) is 27.9 Å². The van der Waals surface area contributed by atoms with E-state index in [1.165, 1.54) is 6.07 Å². The van der Waals surface area contributed by atoms with Gasteiger partial charge in [0, 0.05) is 13.1 Å². The van der Waals surface area contributed by atoms with Gasteiger partial charge in [0.15, 0.2) is 0 Å². The van der Waals surface area contributed by atoms with Crippen LogP contribution in [0, 0.1) is 0 Å². The van der Waals surface area contributed by atoms with E-state index in [2.05, 4.69) is 4.98 Å². The smallest absolute Gasteiger partial charge is 0.270 e. The minimum atomic E-state index is -0.499. The van der Waals surface area contributed by atoms with E-state index in [9.17, 15) is 9.90 Å². The number of rotatable bonds is 2. The molecule has 0 radical (unpaired) electrons. The Kier molecular flexibility index (Phi) is 4.11. The Bertz CT molecular complexity index is 468. The first-order chi connectivity index (χ1) is 8.82. The van der Waals surface area contributed by atoms with Gasteiger partial charge in [-0.05, 0) is 19.9 Å². The summed E-state index contributed by atoms with van der Waals surface area (Å²) in [4.78, 5) is 16.7. The number of aromatic amines is 1. The van der Waals surface area contributed by atoms with Gasteiger partial charge in [-0.1, -0.05) is 23.2 Å². The molecule has 7 heteroatoms. The van der Waals surface area contributed by atoms with Crippen LogP contribution >= 0.6 is 23.2 Å². The van der Waals surface area contributed by atoms with Crippen molar-refractivity contribution in [2.24, 2.45) is 0 Å². The van der Waals surface area contributed by atoms with E-state index in [0.29, 0.717) is 23.8 Å². The van der Waals surface area contributed by atoms with Crippen LogP contribution in [0.25, 0.3) is 0 Å².